The molecule has 1 fully saturated rings. The topological polar surface area (TPSA) is 50.4 Å². The van der Waals surface area contributed by atoms with Crippen molar-refractivity contribution >= 4 is 5.91 Å². The van der Waals surface area contributed by atoms with E-state index in [0.29, 0.717) is 25.6 Å². The number of carbonyl (C=O) groups is 1. The van der Waals surface area contributed by atoms with Gasteiger partial charge in [0, 0.05) is 32.2 Å². The summed E-state index contributed by atoms with van der Waals surface area (Å²) in [6, 6.07) is 0.674. The molecule has 1 amide bonds. The van der Waals surface area contributed by atoms with Gasteiger partial charge in [-0.2, -0.15) is 0 Å². The Morgan fingerprint density at radius 1 is 1.44 bits per heavy atom. The molecule has 0 bridgehead atoms. The molecule has 0 unspecified atom stereocenters. The average molecular weight is 228 g/mol. The molecular weight excluding hydrogens is 204 g/mol. The van der Waals surface area contributed by atoms with E-state index in [1.807, 2.05) is 20.8 Å². The van der Waals surface area contributed by atoms with Gasteiger partial charge in [-0.25, -0.2) is 0 Å². The molecule has 1 rings (SSSR count). The molecule has 0 aromatic carbocycles. The number of hydrogen-bond donors (Lipinski definition) is 2. The lowest BCUT2D eigenvalue weighted by Crippen LogP contribution is -2.41. The van der Waals surface area contributed by atoms with E-state index < -0.39 is 0 Å². The van der Waals surface area contributed by atoms with E-state index in [0.717, 1.165) is 6.54 Å². The fraction of sp³-hybridized carbons (Fsp3) is 0.917. The second-order valence-electron chi connectivity index (χ2n) is 4.95. The summed E-state index contributed by atoms with van der Waals surface area (Å²) in [6.07, 6.45) is 3.08. The molecule has 0 heterocycles. The summed E-state index contributed by atoms with van der Waals surface area (Å²) in [7, 11) is 0. The second kappa shape index (κ2) is 6.21. The van der Waals surface area contributed by atoms with Crippen LogP contribution in [0, 0.1) is 0 Å². The van der Waals surface area contributed by atoms with Crippen molar-refractivity contribution in [3.63, 3.8) is 0 Å². The smallest absolute Gasteiger partial charge is 0.221 e. The maximum atomic E-state index is 11.5. The van der Waals surface area contributed by atoms with Crippen LogP contribution in [0.4, 0.5) is 0 Å². The zero-order valence-corrected chi connectivity index (χ0v) is 10.6. The predicted molar refractivity (Wildman–Crippen MR) is 64.4 cm³/mol. The molecule has 0 aromatic rings. The van der Waals surface area contributed by atoms with E-state index >= 15 is 0 Å². The van der Waals surface area contributed by atoms with Crippen LogP contribution in [0.15, 0.2) is 0 Å². The van der Waals surface area contributed by atoms with Crippen molar-refractivity contribution in [1.29, 1.82) is 0 Å². The molecule has 4 nitrogen and oxygen atoms in total. The Hall–Kier alpha value is -0.610. The van der Waals surface area contributed by atoms with E-state index in [9.17, 15) is 4.79 Å². The maximum Gasteiger partial charge on any atom is 0.221 e. The molecule has 0 saturated heterocycles. The minimum atomic E-state index is -0.270. The molecule has 1 aliphatic rings. The zero-order chi connectivity index (χ0) is 12.0. The van der Waals surface area contributed by atoms with Crippen LogP contribution in [0.3, 0.4) is 0 Å². The van der Waals surface area contributed by atoms with Gasteiger partial charge in [0.15, 0.2) is 0 Å². The van der Waals surface area contributed by atoms with E-state index in [4.69, 9.17) is 4.74 Å². The van der Waals surface area contributed by atoms with Gasteiger partial charge in [0.05, 0.1) is 5.60 Å². The lowest BCUT2D eigenvalue weighted by molar-refractivity contribution is -0.122. The van der Waals surface area contributed by atoms with Crippen LogP contribution in [0.25, 0.3) is 0 Å². The molecule has 1 saturated carbocycles. The zero-order valence-electron chi connectivity index (χ0n) is 10.6. The van der Waals surface area contributed by atoms with Gasteiger partial charge in [0.1, 0.15) is 0 Å². The normalized spacial score (nSPS) is 16.2. The number of carbonyl (C=O) groups excluding carboxylic acids is 1. The molecule has 2 N–H and O–H groups in total. The van der Waals surface area contributed by atoms with Crippen LogP contribution in [-0.2, 0) is 9.53 Å². The summed E-state index contributed by atoms with van der Waals surface area (Å²) in [5, 5.41) is 6.22. The summed E-state index contributed by atoms with van der Waals surface area (Å²) in [5.41, 5.74) is -0.270. The van der Waals surface area contributed by atoms with Gasteiger partial charge >= 0.3 is 0 Å². The highest BCUT2D eigenvalue weighted by atomic mass is 16.5. The molecular formula is C12H24N2O2. The quantitative estimate of drug-likeness (QED) is 0.653. The van der Waals surface area contributed by atoms with Crippen molar-refractivity contribution in [3.05, 3.63) is 0 Å². The fourth-order valence-electron chi connectivity index (χ4n) is 1.52. The number of rotatable bonds is 8. The van der Waals surface area contributed by atoms with Crippen LogP contribution in [-0.4, -0.2) is 37.2 Å². The summed E-state index contributed by atoms with van der Waals surface area (Å²) in [6.45, 7) is 7.96. The van der Waals surface area contributed by atoms with Gasteiger partial charge in [-0.3, -0.25) is 4.79 Å². The van der Waals surface area contributed by atoms with Crippen molar-refractivity contribution in [1.82, 2.24) is 10.6 Å². The molecule has 94 valence electrons. The van der Waals surface area contributed by atoms with Crippen molar-refractivity contribution in [3.8, 4) is 0 Å². The van der Waals surface area contributed by atoms with Gasteiger partial charge in [0.2, 0.25) is 5.91 Å². The first-order chi connectivity index (χ1) is 7.53. The minimum absolute atomic E-state index is 0.0981. The summed E-state index contributed by atoms with van der Waals surface area (Å²) in [4.78, 5) is 11.5. The summed E-state index contributed by atoms with van der Waals surface area (Å²) in [5.74, 6) is 0.0981. The van der Waals surface area contributed by atoms with Crippen LogP contribution in [0.1, 0.15) is 40.0 Å². The standard InChI is InChI=1S/C12H24N2O2/c1-4-16-12(2,3)9-14-11(15)7-8-13-10-5-6-10/h10,13H,4-9H2,1-3H3,(H,14,15). The Morgan fingerprint density at radius 3 is 2.69 bits per heavy atom. The summed E-state index contributed by atoms with van der Waals surface area (Å²) >= 11 is 0. The Balaban J connectivity index is 2.03. The van der Waals surface area contributed by atoms with Crippen LogP contribution in [0.5, 0.6) is 0 Å². The van der Waals surface area contributed by atoms with Crippen LogP contribution in [0.2, 0.25) is 0 Å². The first-order valence-corrected chi connectivity index (χ1v) is 6.17. The number of amides is 1. The van der Waals surface area contributed by atoms with Crippen molar-refractivity contribution in [2.75, 3.05) is 19.7 Å². The molecule has 0 spiro atoms. The lowest BCUT2D eigenvalue weighted by atomic mass is 10.1. The maximum absolute atomic E-state index is 11.5. The van der Waals surface area contributed by atoms with Gasteiger partial charge in [0.25, 0.3) is 0 Å². The van der Waals surface area contributed by atoms with Crippen LogP contribution >= 0.6 is 0 Å². The number of nitrogens with one attached hydrogen (secondary N) is 2. The van der Waals surface area contributed by atoms with E-state index in [1.54, 1.807) is 0 Å². The number of hydrogen-bond acceptors (Lipinski definition) is 3. The SMILES string of the molecule is CCOC(C)(C)CNC(=O)CCNC1CC1. The molecule has 1 aliphatic carbocycles. The van der Waals surface area contributed by atoms with E-state index in [-0.39, 0.29) is 11.5 Å². The van der Waals surface area contributed by atoms with Crippen LogP contribution < -0.4 is 10.6 Å². The van der Waals surface area contributed by atoms with Gasteiger partial charge in [-0.05, 0) is 33.6 Å². The summed E-state index contributed by atoms with van der Waals surface area (Å²) < 4.78 is 5.50. The Bertz CT molecular complexity index is 225. The third kappa shape index (κ3) is 6.08. The molecule has 0 atom stereocenters. The minimum Gasteiger partial charge on any atom is -0.374 e. The monoisotopic (exact) mass is 228 g/mol. The molecule has 0 radical (unpaired) electrons. The Labute approximate surface area is 98.1 Å². The molecule has 4 heteroatoms. The average Bonchev–Trinajstić information content (AvgIpc) is 2.99. The molecule has 0 aliphatic heterocycles. The third-order valence-electron chi connectivity index (χ3n) is 2.61. The largest absolute Gasteiger partial charge is 0.374 e. The van der Waals surface area contributed by atoms with Gasteiger partial charge < -0.3 is 15.4 Å². The van der Waals surface area contributed by atoms with Gasteiger partial charge in [-0.1, -0.05) is 0 Å². The van der Waals surface area contributed by atoms with Crippen molar-refractivity contribution in [2.45, 2.75) is 51.7 Å². The Kier molecular flexibility index (Phi) is 5.22. The third-order valence-corrected chi connectivity index (χ3v) is 2.61. The first-order valence-electron chi connectivity index (χ1n) is 6.17. The highest BCUT2D eigenvalue weighted by Gasteiger charge is 2.21. The molecule has 0 aromatic heterocycles. The second-order valence-corrected chi connectivity index (χ2v) is 4.95. The lowest BCUT2D eigenvalue weighted by Gasteiger charge is -2.24. The van der Waals surface area contributed by atoms with E-state index in [1.165, 1.54) is 12.8 Å². The van der Waals surface area contributed by atoms with Gasteiger partial charge in [-0.15, -0.1) is 0 Å². The predicted octanol–water partition coefficient (Wildman–Crippen LogP) is 1.06. The Morgan fingerprint density at radius 2 is 2.12 bits per heavy atom. The highest BCUT2D eigenvalue weighted by molar-refractivity contribution is 5.76. The molecule has 16 heavy (non-hydrogen) atoms. The fourth-order valence-corrected chi connectivity index (χ4v) is 1.52. The van der Waals surface area contributed by atoms with Crippen molar-refractivity contribution in [2.24, 2.45) is 0 Å². The van der Waals surface area contributed by atoms with E-state index in [2.05, 4.69) is 10.6 Å². The first kappa shape index (κ1) is 13.5. The highest BCUT2D eigenvalue weighted by Crippen LogP contribution is 2.18. The number of ether oxygens (including phenoxy) is 1. The van der Waals surface area contributed by atoms with Crippen molar-refractivity contribution < 1.29 is 9.53 Å².